The van der Waals surface area contributed by atoms with Gasteiger partial charge in [-0.3, -0.25) is 0 Å². The van der Waals surface area contributed by atoms with Gasteiger partial charge in [-0.1, -0.05) is 0 Å². The van der Waals surface area contributed by atoms with Crippen molar-refractivity contribution < 1.29 is 0 Å². The second kappa shape index (κ2) is 3.18. The molecule has 1 nitrogen and oxygen atoms in total. The summed E-state index contributed by atoms with van der Waals surface area (Å²) < 4.78 is 0. The van der Waals surface area contributed by atoms with Crippen molar-refractivity contribution in [2.45, 2.75) is 18.7 Å². The van der Waals surface area contributed by atoms with Crippen molar-refractivity contribution in [3.8, 4) is 0 Å². The molecule has 0 radical (unpaired) electrons. The minimum Gasteiger partial charge on any atom is -0.398 e. The van der Waals surface area contributed by atoms with Crippen LogP contribution < -0.4 is 5.73 Å². The maximum Gasteiger partial charge on any atom is 0.0357 e. The molecule has 60 valence electrons. The highest BCUT2D eigenvalue weighted by Crippen LogP contribution is 2.23. The van der Waals surface area contributed by atoms with Crippen molar-refractivity contribution in [2.24, 2.45) is 0 Å². The molecule has 1 aromatic rings. The minimum atomic E-state index is 0.898. The van der Waals surface area contributed by atoms with Gasteiger partial charge >= 0.3 is 0 Å². The Morgan fingerprint density at radius 2 is 1.91 bits per heavy atom. The Balaban J connectivity index is 3.21. The molecule has 0 saturated carbocycles. The fourth-order valence-corrected chi connectivity index (χ4v) is 1.51. The van der Waals surface area contributed by atoms with E-state index < -0.39 is 0 Å². The summed E-state index contributed by atoms with van der Waals surface area (Å²) in [7, 11) is 0. The van der Waals surface area contributed by atoms with E-state index in [-0.39, 0.29) is 0 Å². The number of thioether (sulfide) groups is 1. The van der Waals surface area contributed by atoms with Crippen molar-refractivity contribution in [1.29, 1.82) is 0 Å². The summed E-state index contributed by atoms with van der Waals surface area (Å²) in [5.41, 5.74) is 9.15. The van der Waals surface area contributed by atoms with Crippen LogP contribution in [0.1, 0.15) is 11.1 Å². The fourth-order valence-electron chi connectivity index (χ4n) is 0.970. The SMILES string of the molecule is CSc1cc(C)c(C)c(N)c1. The predicted molar refractivity (Wildman–Crippen MR) is 52.1 cm³/mol. The maximum absolute atomic E-state index is 5.78. The van der Waals surface area contributed by atoms with Crippen molar-refractivity contribution in [3.05, 3.63) is 23.3 Å². The first-order chi connectivity index (χ1) is 5.15. The monoisotopic (exact) mass is 167 g/mol. The normalized spacial score (nSPS) is 10.1. The number of nitrogens with two attached hydrogens (primary N) is 1. The van der Waals surface area contributed by atoms with E-state index in [1.54, 1.807) is 11.8 Å². The Morgan fingerprint density at radius 3 is 2.36 bits per heavy atom. The fraction of sp³-hybridized carbons (Fsp3) is 0.333. The summed E-state index contributed by atoms with van der Waals surface area (Å²) in [6.07, 6.45) is 2.06. The molecule has 2 heteroatoms. The van der Waals surface area contributed by atoms with Crippen LogP contribution >= 0.6 is 11.8 Å². The first kappa shape index (κ1) is 8.47. The second-order valence-corrected chi connectivity index (χ2v) is 3.54. The number of hydrogen-bond donors (Lipinski definition) is 1. The molecule has 2 N–H and O–H groups in total. The van der Waals surface area contributed by atoms with Gasteiger partial charge in [-0.05, 0) is 43.4 Å². The van der Waals surface area contributed by atoms with Gasteiger partial charge in [-0.2, -0.15) is 0 Å². The molecular formula is C9H13NS. The van der Waals surface area contributed by atoms with Gasteiger partial charge in [0.25, 0.3) is 0 Å². The van der Waals surface area contributed by atoms with Crippen LogP contribution in [0.5, 0.6) is 0 Å². The Bertz CT molecular complexity index is 245. The summed E-state index contributed by atoms with van der Waals surface area (Å²) in [5.74, 6) is 0. The summed E-state index contributed by atoms with van der Waals surface area (Å²) in [6.45, 7) is 4.14. The number of nitrogen functional groups attached to an aromatic ring is 1. The van der Waals surface area contributed by atoms with Crippen LogP contribution in [0.25, 0.3) is 0 Å². The van der Waals surface area contributed by atoms with E-state index in [4.69, 9.17) is 5.73 Å². The predicted octanol–water partition coefficient (Wildman–Crippen LogP) is 2.61. The average molecular weight is 167 g/mol. The van der Waals surface area contributed by atoms with Crippen molar-refractivity contribution in [2.75, 3.05) is 12.0 Å². The molecule has 0 spiro atoms. The van der Waals surface area contributed by atoms with Crippen LogP contribution in [0.15, 0.2) is 17.0 Å². The molecule has 0 saturated heterocycles. The molecule has 1 aromatic carbocycles. The molecule has 0 aliphatic heterocycles. The zero-order chi connectivity index (χ0) is 8.43. The number of hydrogen-bond acceptors (Lipinski definition) is 2. The van der Waals surface area contributed by atoms with Crippen LogP contribution in [0.2, 0.25) is 0 Å². The molecule has 0 fully saturated rings. The molecule has 0 aromatic heterocycles. The van der Waals surface area contributed by atoms with Crippen molar-refractivity contribution in [1.82, 2.24) is 0 Å². The summed E-state index contributed by atoms with van der Waals surface area (Å²) in [4.78, 5) is 1.24. The van der Waals surface area contributed by atoms with Gasteiger partial charge < -0.3 is 5.73 Å². The molecule has 0 aliphatic carbocycles. The quantitative estimate of drug-likeness (QED) is 0.514. The molecule has 0 bridgehead atoms. The lowest BCUT2D eigenvalue weighted by molar-refractivity contribution is 1.28. The summed E-state index contributed by atoms with van der Waals surface area (Å²) in [6, 6.07) is 4.18. The van der Waals surface area contributed by atoms with Crippen LogP contribution in [-0.4, -0.2) is 6.26 Å². The Hall–Kier alpha value is -0.630. The van der Waals surface area contributed by atoms with Gasteiger partial charge in [-0.15, -0.1) is 11.8 Å². The van der Waals surface area contributed by atoms with E-state index in [1.807, 2.05) is 6.07 Å². The van der Waals surface area contributed by atoms with E-state index in [1.165, 1.54) is 16.0 Å². The summed E-state index contributed by atoms with van der Waals surface area (Å²) >= 11 is 1.73. The van der Waals surface area contributed by atoms with Gasteiger partial charge in [0.15, 0.2) is 0 Å². The zero-order valence-electron chi connectivity index (χ0n) is 7.14. The number of rotatable bonds is 1. The van der Waals surface area contributed by atoms with Crippen LogP contribution in [0.3, 0.4) is 0 Å². The summed E-state index contributed by atoms with van der Waals surface area (Å²) in [5, 5.41) is 0. The molecule has 0 heterocycles. The maximum atomic E-state index is 5.78. The molecule has 0 atom stereocenters. The lowest BCUT2D eigenvalue weighted by Gasteiger charge is -2.06. The minimum absolute atomic E-state index is 0.898. The number of benzene rings is 1. The van der Waals surface area contributed by atoms with Gasteiger partial charge in [0.05, 0.1) is 0 Å². The number of anilines is 1. The number of aryl methyl sites for hydroxylation is 1. The highest BCUT2D eigenvalue weighted by molar-refractivity contribution is 7.98. The topological polar surface area (TPSA) is 26.0 Å². The van der Waals surface area contributed by atoms with Crippen molar-refractivity contribution >= 4 is 17.4 Å². The van der Waals surface area contributed by atoms with Crippen LogP contribution in [0, 0.1) is 13.8 Å². The molecule has 0 amide bonds. The smallest absolute Gasteiger partial charge is 0.0357 e. The third kappa shape index (κ3) is 1.69. The van der Waals surface area contributed by atoms with Crippen LogP contribution in [0.4, 0.5) is 5.69 Å². The lowest BCUT2D eigenvalue weighted by Crippen LogP contribution is -1.92. The van der Waals surface area contributed by atoms with E-state index in [2.05, 4.69) is 26.2 Å². The van der Waals surface area contributed by atoms with Gasteiger partial charge in [0.2, 0.25) is 0 Å². The molecule has 0 aliphatic rings. The lowest BCUT2D eigenvalue weighted by atomic mass is 10.1. The second-order valence-electron chi connectivity index (χ2n) is 2.66. The highest BCUT2D eigenvalue weighted by atomic mass is 32.2. The molecular weight excluding hydrogens is 154 g/mol. The van der Waals surface area contributed by atoms with E-state index >= 15 is 0 Å². The van der Waals surface area contributed by atoms with E-state index in [0.717, 1.165) is 5.69 Å². The molecule has 1 rings (SSSR count). The average Bonchev–Trinajstić information content (AvgIpc) is 1.99. The van der Waals surface area contributed by atoms with Crippen molar-refractivity contribution in [3.63, 3.8) is 0 Å². The Morgan fingerprint density at radius 1 is 1.27 bits per heavy atom. The van der Waals surface area contributed by atoms with E-state index in [9.17, 15) is 0 Å². The van der Waals surface area contributed by atoms with Gasteiger partial charge in [0, 0.05) is 10.6 Å². The third-order valence-electron chi connectivity index (χ3n) is 1.92. The Labute approximate surface area is 72.0 Å². The first-order valence-electron chi connectivity index (χ1n) is 3.56. The largest absolute Gasteiger partial charge is 0.398 e. The third-order valence-corrected chi connectivity index (χ3v) is 2.62. The van der Waals surface area contributed by atoms with Gasteiger partial charge in [-0.25, -0.2) is 0 Å². The zero-order valence-corrected chi connectivity index (χ0v) is 7.96. The van der Waals surface area contributed by atoms with Gasteiger partial charge in [0.1, 0.15) is 0 Å². The highest BCUT2D eigenvalue weighted by Gasteiger charge is 1.99. The first-order valence-corrected chi connectivity index (χ1v) is 4.78. The molecule has 0 unspecified atom stereocenters. The van der Waals surface area contributed by atoms with E-state index in [0.29, 0.717) is 0 Å². The standard InChI is InChI=1S/C9H13NS/c1-6-4-8(11-3)5-9(10)7(6)2/h4-5H,10H2,1-3H3. The van der Waals surface area contributed by atoms with Crippen LogP contribution in [-0.2, 0) is 0 Å². The Kier molecular flexibility index (Phi) is 2.45. The molecule has 11 heavy (non-hydrogen) atoms.